The maximum Gasteiger partial charge on any atom is 0.0417 e. The summed E-state index contributed by atoms with van der Waals surface area (Å²) in [6, 6.07) is 10.4. The number of fused-ring (bicyclic) bond motifs is 1. The van der Waals surface area contributed by atoms with Gasteiger partial charge in [-0.2, -0.15) is 0 Å². The first-order valence-electron chi connectivity index (χ1n) is 7.99. The van der Waals surface area contributed by atoms with Gasteiger partial charge in [0.15, 0.2) is 0 Å². The lowest BCUT2D eigenvalue weighted by atomic mass is 9.94. The second-order valence-corrected chi connectivity index (χ2v) is 5.99. The number of anilines is 1. The Labute approximate surface area is 117 Å². The highest BCUT2D eigenvalue weighted by atomic mass is 15.2. The molecular formula is C17H26N2. The van der Waals surface area contributed by atoms with Gasteiger partial charge in [-0.1, -0.05) is 38.0 Å². The van der Waals surface area contributed by atoms with Crippen molar-refractivity contribution in [1.82, 2.24) is 5.32 Å². The fourth-order valence-electron chi connectivity index (χ4n) is 3.71. The smallest absolute Gasteiger partial charge is 0.0417 e. The van der Waals surface area contributed by atoms with Gasteiger partial charge in [-0.3, -0.25) is 0 Å². The SMILES string of the molecule is CCCNC1CCN(C2CCCC2)c2ccccc21. The maximum absolute atomic E-state index is 3.71. The Morgan fingerprint density at radius 3 is 2.74 bits per heavy atom. The second-order valence-electron chi connectivity index (χ2n) is 5.99. The monoisotopic (exact) mass is 258 g/mol. The van der Waals surface area contributed by atoms with E-state index in [-0.39, 0.29) is 0 Å². The van der Waals surface area contributed by atoms with Gasteiger partial charge < -0.3 is 10.2 Å². The number of hydrogen-bond acceptors (Lipinski definition) is 2. The molecule has 0 amide bonds. The Morgan fingerprint density at radius 2 is 1.95 bits per heavy atom. The van der Waals surface area contributed by atoms with Crippen molar-refractivity contribution in [2.45, 2.75) is 57.5 Å². The van der Waals surface area contributed by atoms with Gasteiger partial charge in [-0.05, 0) is 43.9 Å². The Morgan fingerprint density at radius 1 is 1.16 bits per heavy atom. The standard InChI is InChI=1S/C17H26N2/c1-2-12-18-16-11-13-19(14-7-3-4-8-14)17-10-6-5-9-15(16)17/h5-6,9-10,14,16,18H,2-4,7-8,11-13H2,1H3. The molecule has 0 saturated heterocycles. The van der Waals surface area contributed by atoms with Crippen molar-refractivity contribution in [3.8, 4) is 0 Å². The molecule has 19 heavy (non-hydrogen) atoms. The van der Waals surface area contributed by atoms with E-state index < -0.39 is 0 Å². The van der Waals surface area contributed by atoms with Crippen LogP contribution in [0.2, 0.25) is 0 Å². The Bertz CT molecular complexity index is 409. The third-order valence-corrected chi connectivity index (χ3v) is 4.69. The number of benzene rings is 1. The minimum atomic E-state index is 0.564. The maximum atomic E-state index is 3.71. The number of nitrogens with zero attached hydrogens (tertiary/aromatic N) is 1. The summed E-state index contributed by atoms with van der Waals surface area (Å²) in [6.07, 6.45) is 8.09. The zero-order chi connectivity index (χ0) is 13.1. The van der Waals surface area contributed by atoms with Crippen molar-refractivity contribution in [2.24, 2.45) is 0 Å². The fourth-order valence-corrected chi connectivity index (χ4v) is 3.71. The molecule has 0 spiro atoms. The van der Waals surface area contributed by atoms with Crippen LogP contribution in [-0.2, 0) is 0 Å². The van der Waals surface area contributed by atoms with Crippen molar-refractivity contribution in [3.63, 3.8) is 0 Å². The van der Waals surface area contributed by atoms with Crippen molar-refractivity contribution in [1.29, 1.82) is 0 Å². The summed E-state index contributed by atoms with van der Waals surface area (Å²) in [5.41, 5.74) is 3.02. The molecule has 0 bridgehead atoms. The molecule has 1 fully saturated rings. The molecule has 1 atom stereocenters. The first kappa shape index (κ1) is 13.0. The van der Waals surface area contributed by atoms with E-state index in [1.54, 1.807) is 0 Å². The second kappa shape index (κ2) is 5.96. The van der Waals surface area contributed by atoms with Gasteiger partial charge >= 0.3 is 0 Å². The van der Waals surface area contributed by atoms with Crippen molar-refractivity contribution < 1.29 is 0 Å². The number of para-hydroxylation sites is 1. The average Bonchev–Trinajstić information content (AvgIpc) is 2.98. The first-order valence-corrected chi connectivity index (χ1v) is 7.99. The van der Waals surface area contributed by atoms with Gasteiger partial charge in [0.2, 0.25) is 0 Å². The van der Waals surface area contributed by atoms with Crippen LogP contribution >= 0.6 is 0 Å². The molecule has 0 aromatic heterocycles. The molecule has 2 heteroatoms. The van der Waals surface area contributed by atoms with E-state index in [9.17, 15) is 0 Å². The largest absolute Gasteiger partial charge is 0.368 e. The minimum absolute atomic E-state index is 0.564. The van der Waals surface area contributed by atoms with Crippen LogP contribution in [0.3, 0.4) is 0 Å². The highest BCUT2D eigenvalue weighted by molar-refractivity contribution is 5.57. The summed E-state index contributed by atoms with van der Waals surface area (Å²) < 4.78 is 0. The minimum Gasteiger partial charge on any atom is -0.368 e. The summed E-state index contributed by atoms with van der Waals surface area (Å²) in [6.45, 7) is 4.60. The number of rotatable bonds is 4. The molecular weight excluding hydrogens is 232 g/mol. The molecule has 0 radical (unpaired) electrons. The zero-order valence-corrected chi connectivity index (χ0v) is 12.1. The molecule has 1 saturated carbocycles. The third kappa shape index (κ3) is 2.64. The molecule has 104 valence electrons. The van der Waals surface area contributed by atoms with Crippen LogP contribution in [0, 0.1) is 0 Å². The van der Waals surface area contributed by atoms with Crippen LogP contribution < -0.4 is 10.2 Å². The van der Waals surface area contributed by atoms with Gasteiger partial charge in [0.1, 0.15) is 0 Å². The van der Waals surface area contributed by atoms with Crippen LogP contribution in [0.5, 0.6) is 0 Å². The molecule has 2 nitrogen and oxygen atoms in total. The van der Waals surface area contributed by atoms with E-state index >= 15 is 0 Å². The number of hydrogen-bond donors (Lipinski definition) is 1. The first-order chi connectivity index (χ1) is 9.40. The lowest BCUT2D eigenvalue weighted by molar-refractivity contribution is 0.457. The lowest BCUT2D eigenvalue weighted by Gasteiger charge is -2.40. The van der Waals surface area contributed by atoms with Crippen molar-refractivity contribution >= 4 is 5.69 Å². The summed E-state index contributed by atoms with van der Waals surface area (Å²) in [7, 11) is 0. The topological polar surface area (TPSA) is 15.3 Å². The van der Waals surface area contributed by atoms with Crippen molar-refractivity contribution in [3.05, 3.63) is 29.8 Å². The van der Waals surface area contributed by atoms with Crippen LogP contribution in [0.25, 0.3) is 0 Å². The van der Waals surface area contributed by atoms with Crippen LogP contribution in [0.1, 0.15) is 57.1 Å². The molecule has 1 aliphatic carbocycles. The van der Waals surface area contributed by atoms with Crippen LogP contribution in [-0.4, -0.2) is 19.1 Å². The van der Waals surface area contributed by atoms with E-state index in [0.717, 1.165) is 12.6 Å². The van der Waals surface area contributed by atoms with E-state index in [0.29, 0.717) is 6.04 Å². The van der Waals surface area contributed by atoms with Gasteiger partial charge in [0, 0.05) is 24.3 Å². The molecule has 1 unspecified atom stereocenters. The van der Waals surface area contributed by atoms with E-state index in [4.69, 9.17) is 0 Å². The molecule has 1 aliphatic heterocycles. The lowest BCUT2D eigenvalue weighted by Crippen LogP contribution is -2.41. The Kier molecular flexibility index (Phi) is 4.07. The molecule has 3 rings (SSSR count). The number of nitrogens with one attached hydrogen (secondary N) is 1. The summed E-state index contributed by atoms with van der Waals surface area (Å²) in [5, 5.41) is 3.71. The average molecular weight is 258 g/mol. The van der Waals surface area contributed by atoms with E-state index in [1.807, 2.05) is 0 Å². The summed E-state index contributed by atoms with van der Waals surface area (Å²) in [5.74, 6) is 0. The summed E-state index contributed by atoms with van der Waals surface area (Å²) in [4.78, 5) is 2.69. The Balaban J connectivity index is 1.82. The zero-order valence-electron chi connectivity index (χ0n) is 12.1. The third-order valence-electron chi connectivity index (χ3n) is 4.69. The molecule has 2 aliphatic rings. The summed E-state index contributed by atoms with van der Waals surface area (Å²) >= 11 is 0. The molecule has 1 aromatic rings. The molecule has 1 aromatic carbocycles. The fraction of sp³-hybridized carbons (Fsp3) is 0.647. The Hall–Kier alpha value is -1.02. The molecule has 1 heterocycles. The molecule has 1 N–H and O–H groups in total. The predicted molar refractivity (Wildman–Crippen MR) is 81.7 cm³/mol. The highest BCUT2D eigenvalue weighted by Crippen LogP contribution is 2.38. The van der Waals surface area contributed by atoms with Gasteiger partial charge in [-0.15, -0.1) is 0 Å². The van der Waals surface area contributed by atoms with E-state index in [1.165, 1.54) is 56.3 Å². The quantitative estimate of drug-likeness (QED) is 0.881. The normalized spacial score (nSPS) is 23.6. The van der Waals surface area contributed by atoms with Gasteiger partial charge in [0.05, 0.1) is 0 Å². The van der Waals surface area contributed by atoms with E-state index in [2.05, 4.69) is 41.4 Å². The predicted octanol–water partition coefficient (Wildman–Crippen LogP) is 3.88. The van der Waals surface area contributed by atoms with Crippen LogP contribution in [0.4, 0.5) is 5.69 Å². The van der Waals surface area contributed by atoms with Crippen molar-refractivity contribution in [2.75, 3.05) is 18.0 Å². The van der Waals surface area contributed by atoms with Gasteiger partial charge in [0.25, 0.3) is 0 Å². The highest BCUT2D eigenvalue weighted by Gasteiger charge is 2.30. The van der Waals surface area contributed by atoms with Gasteiger partial charge in [-0.25, -0.2) is 0 Å². The van der Waals surface area contributed by atoms with Crippen LogP contribution in [0.15, 0.2) is 24.3 Å².